The number of esters is 1. The highest BCUT2D eigenvalue weighted by atomic mass is 127. The quantitative estimate of drug-likeness (QED) is 0.223. The van der Waals surface area contributed by atoms with Crippen LogP contribution in [0.2, 0.25) is 0 Å². The molecule has 6 nitrogen and oxygen atoms in total. The molecule has 25 heavy (non-hydrogen) atoms. The molecule has 0 amide bonds. The van der Waals surface area contributed by atoms with Gasteiger partial charge in [0.1, 0.15) is 0 Å². The van der Waals surface area contributed by atoms with Crippen molar-refractivity contribution in [2.75, 3.05) is 33.3 Å². The van der Waals surface area contributed by atoms with Crippen LogP contribution >= 0.6 is 35.3 Å². The number of carbonyl (C=O) groups is 1. The van der Waals surface area contributed by atoms with E-state index in [-0.39, 0.29) is 35.9 Å². The van der Waals surface area contributed by atoms with Crippen molar-refractivity contribution in [1.29, 1.82) is 0 Å². The zero-order valence-corrected chi connectivity index (χ0v) is 18.4. The smallest absolute Gasteiger partial charge is 0.308 e. The monoisotopic (exact) mass is 480 g/mol. The lowest BCUT2D eigenvalue weighted by Gasteiger charge is -2.33. The Balaban J connectivity index is 0.00000312. The number of thiazole rings is 1. The van der Waals surface area contributed by atoms with E-state index >= 15 is 0 Å². The molecular formula is C17H29IN4O2S. The van der Waals surface area contributed by atoms with Gasteiger partial charge in [0, 0.05) is 43.7 Å². The number of hydrogen-bond donors (Lipinski definition) is 1. The summed E-state index contributed by atoms with van der Waals surface area (Å²) in [5.41, 5.74) is 1.10. The summed E-state index contributed by atoms with van der Waals surface area (Å²) in [4.78, 5) is 23.1. The van der Waals surface area contributed by atoms with Crippen LogP contribution in [0.5, 0.6) is 0 Å². The van der Waals surface area contributed by atoms with Crippen LogP contribution in [-0.4, -0.2) is 55.1 Å². The molecule has 0 atom stereocenters. The Kier molecular flexibility index (Phi) is 10.3. The summed E-state index contributed by atoms with van der Waals surface area (Å²) in [6, 6.07) is 0. The summed E-state index contributed by atoms with van der Waals surface area (Å²) in [6.07, 6.45) is 3.64. The molecule has 0 radical (unpaired) electrons. The van der Waals surface area contributed by atoms with E-state index < -0.39 is 0 Å². The fourth-order valence-corrected chi connectivity index (χ4v) is 3.67. The number of likely N-dealkylation sites (tertiary alicyclic amines) is 1. The normalized spacial score (nSPS) is 15.6. The van der Waals surface area contributed by atoms with Crippen LogP contribution in [-0.2, 0) is 16.0 Å². The van der Waals surface area contributed by atoms with Crippen molar-refractivity contribution in [2.45, 2.75) is 39.5 Å². The zero-order chi connectivity index (χ0) is 17.4. The van der Waals surface area contributed by atoms with Gasteiger partial charge in [0.2, 0.25) is 0 Å². The SMILES string of the molecule is CCNC(=NCCCc1nc(C)cs1)N1CCC(C(=O)OC)CC1.I. The van der Waals surface area contributed by atoms with Gasteiger partial charge in [-0.05, 0) is 33.1 Å². The number of aryl methyl sites for hydroxylation is 2. The van der Waals surface area contributed by atoms with Gasteiger partial charge < -0.3 is 15.0 Å². The van der Waals surface area contributed by atoms with Gasteiger partial charge in [-0.1, -0.05) is 0 Å². The molecule has 8 heteroatoms. The molecule has 2 heterocycles. The second-order valence-electron chi connectivity index (χ2n) is 6.01. The number of hydrogen-bond acceptors (Lipinski definition) is 5. The summed E-state index contributed by atoms with van der Waals surface area (Å²) < 4.78 is 4.85. The summed E-state index contributed by atoms with van der Waals surface area (Å²) in [5.74, 6) is 0.897. The van der Waals surface area contributed by atoms with Crippen molar-refractivity contribution in [1.82, 2.24) is 15.2 Å². The van der Waals surface area contributed by atoms with Crippen molar-refractivity contribution < 1.29 is 9.53 Å². The largest absolute Gasteiger partial charge is 0.469 e. The van der Waals surface area contributed by atoms with Gasteiger partial charge in [-0.25, -0.2) is 4.98 Å². The average Bonchev–Trinajstić information content (AvgIpc) is 3.02. The molecule has 0 spiro atoms. The standard InChI is InChI=1S/C17H28N4O2S.HI/c1-4-18-17(19-9-5-6-15-20-13(2)12-24-15)21-10-7-14(8-11-21)16(22)23-3;/h12,14H,4-11H2,1-3H3,(H,18,19);1H. The van der Waals surface area contributed by atoms with E-state index in [4.69, 9.17) is 9.73 Å². The molecule has 0 aromatic carbocycles. The number of guanidine groups is 1. The maximum absolute atomic E-state index is 11.6. The lowest BCUT2D eigenvalue weighted by molar-refractivity contribution is -0.146. The number of aromatic nitrogens is 1. The Morgan fingerprint density at radius 3 is 2.76 bits per heavy atom. The number of nitrogens with one attached hydrogen (secondary N) is 1. The van der Waals surface area contributed by atoms with E-state index in [1.165, 1.54) is 12.1 Å². The minimum atomic E-state index is -0.0877. The first-order valence-electron chi connectivity index (χ1n) is 8.66. The third-order valence-corrected chi connectivity index (χ3v) is 5.17. The van der Waals surface area contributed by atoms with Crippen molar-refractivity contribution in [3.05, 3.63) is 16.1 Å². The molecule has 1 aromatic rings. The van der Waals surface area contributed by atoms with Crippen molar-refractivity contribution in [3.8, 4) is 0 Å². The van der Waals surface area contributed by atoms with Crippen LogP contribution < -0.4 is 5.32 Å². The summed E-state index contributed by atoms with van der Waals surface area (Å²) in [5, 5.41) is 6.64. The molecule has 1 fully saturated rings. The minimum Gasteiger partial charge on any atom is -0.469 e. The minimum absolute atomic E-state index is 0. The van der Waals surface area contributed by atoms with Crippen molar-refractivity contribution in [3.63, 3.8) is 0 Å². The highest BCUT2D eigenvalue weighted by molar-refractivity contribution is 14.0. The number of piperidine rings is 1. The molecule has 1 aromatic heterocycles. The maximum Gasteiger partial charge on any atom is 0.308 e. The van der Waals surface area contributed by atoms with Gasteiger partial charge in [-0.2, -0.15) is 0 Å². The van der Waals surface area contributed by atoms with Crippen LogP contribution in [0.1, 0.15) is 36.9 Å². The van der Waals surface area contributed by atoms with Gasteiger partial charge in [0.25, 0.3) is 0 Å². The molecule has 0 bridgehead atoms. The second kappa shape index (κ2) is 11.7. The number of methoxy groups -OCH3 is 1. The Morgan fingerprint density at radius 1 is 1.48 bits per heavy atom. The van der Waals surface area contributed by atoms with E-state index in [0.29, 0.717) is 0 Å². The Bertz CT molecular complexity index is 557. The van der Waals surface area contributed by atoms with Crippen LogP contribution in [0.3, 0.4) is 0 Å². The molecule has 0 saturated carbocycles. The van der Waals surface area contributed by atoms with E-state index in [0.717, 1.165) is 63.5 Å². The number of aliphatic imine (C=N–C) groups is 1. The number of rotatable bonds is 6. The van der Waals surface area contributed by atoms with Gasteiger partial charge in [-0.15, -0.1) is 35.3 Å². The predicted molar refractivity (Wildman–Crippen MR) is 113 cm³/mol. The molecule has 0 aliphatic carbocycles. The molecule has 1 aliphatic rings. The first-order valence-corrected chi connectivity index (χ1v) is 9.54. The van der Waals surface area contributed by atoms with E-state index in [2.05, 4.69) is 27.5 Å². The predicted octanol–water partition coefficient (Wildman–Crippen LogP) is 2.85. The third kappa shape index (κ3) is 7.08. The molecule has 1 saturated heterocycles. The molecule has 1 aliphatic heterocycles. The van der Waals surface area contributed by atoms with E-state index in [9.17, 15) is 4.79 Å². The van der Waals surface area contributed by atoms with Gasteiger partial charge in [0.15, 0.2) is 5.96 Å². The van der Waals surface area contributed by atoms with E-state index in [1.54, 1.807) is 11.3 Å². The number of ether oxygens (including phenoxy) is 1. The van der Waals surface area contributed by atoms with Gasteiger partial charge in [-0.3, -0.25) is 9.79 Å². The third-order valence-electron chi connectivity index (χ3n) is 4.14. The fourth-order valence-electron chi connectivity index (χ4n) is 2.85. The Morgan fingerprint density at radius 2 is 2.20 bits per heavy atom. The fraction of sp³-hybridized carbons (Fsp3) is 0.706. The van der Waals surface area contributed by atoms with Crippen molar-refractivity contribution in [2.24, 2.45) is 10.9 Å². The Labute approximate surface area is 171 Å². The Hall–Kier alpha value is -0.900. The maximum atomic E-state index is 11.6. The number of nitrogens with zero attached hydrogens (tertiary/aromatic N) is 3. The highest BCUT2D eigenvalue weighted by Gasteiger charge is 2.26. The summed E-state index contributed by atoms with van der Waals surface area (Å²) >= 11 is 1.72. The van der Waals surface area contributed by atoms with Gasteiger partial charge >= 0.3 is 5.97 Å². The average molecular weight is 480 g/mol. The summed E-state index contributed by atoms with van der Waals surface area (Å²) in [6.45, 7) is 7.43. The van der Waals surface area contributed by atoms with E-state index in [1.807, 2.05) is 6.92 Å². The molecule has 142 valence electrons. The molecular weight excluding hydrogens is 451 g/mol. The van der Waals surface area contributed by atoms with Crippen LogP contribution in [0, 0.1) is 12.8 Å². The molecule has 2 rings (SSSR count). The van der Waals surface area contributed by atoms with Crippen LogP contribution in [0.4, 0.5) is 0 Å². The van der Waals surface area contributed by atoms with Crippen molar-refractivity contribution >= 4 is 47.2 Å². The lowest BCUT2D eigenvalue weighted by Crippen LogP contribution is -2.46. The first kappa shape index (κ1) is 22.1. The first-order chi connectivity index (χ1) is 11.6. The molecule has 1 N–H and O–H groups in total. The van der Waals surface area contributed by atoms with Gasteiger partial charge in [0.05, 0.1) is 18.0 Å². The second-order valence-corrected chi connectivity index (χ2v) is 6.95. The summed E-state index contributed by atoms with van der Waals surface area (Å²) in [7, 11) is 1.46. The topological polar surface area (TPSA) is 66.8 Å². The number of halogens is 1. The lowest BCUT2D eigenvalue weighted by atomic mass is 9.97. The molecule has 0 unspecified atom stereocenters. The highest BCUT2D eigenvalue weighted by Crippen LogP contribution is 2.18. The van der Waals surface area contributed by atoms with Crippen LogP contribution in [0.25, 0.3) is 0 Å². The zero-order valence-electron chi connectivity index (χ0n) is 15.3. The van der Waals surface area contributed by atoms with Crippen LogP contribution in [0.15, 0.2) is 10.4 Å². The number of carbonyl (C=O) groups excluding carboxylic acids is 1.